The van der Waals surface area contributed by atoms with Crippen LogP contribution in [0.5, 0.6) is 5.75 Å². The van der Waals surface area contributed by atoms with Gasteiger partial charge < -0.3 is 4.74 Å². The highest BCUT2D eigenvalue weighted by atomic mass is 16.5. The normalized spacial score (nSPS) is 12.8. The number of para-hydroxylation sites is 1. The van der Waals surface area contributed by atoms with E-state index in [0.717, 1.165) is 10.5 Å². The predicted molar refractivity (Wildman–Crippen MR) is 118 cm³/mol. The van der Waals surface area contributed by atoms with Crippen LogP contribution >= 0.6 is 0 Å². The van der Waals surface area contributed by atoms with Gasteiger partial charge in [-0.05, 0) is 35.9 Å². The van der Waals surface area contributed by atoms with E-state index < -0.39 is 17.8 Å². The quantitative estimate of drug-likeness (QED) is 0.187. The van der Waals surface area contributed by atoms with Gasteiger partial charge in [0.25, 0.3) is 11.8 Å². The van der Waals surface area contributed by atoms with Gasteiger partial charge in [-0.15, -0.1) is 0 Å². The number of carbonyl (C=O) groups excluding carboxylic acids is 4. The summed E-state index contributed by atoms with van der Waals surface area (Å²) in [6.07, 6.45) is 2.91. The van der Waals surface area contributed by atoms with Gasteiger partial charge >= 0.3 is 5.97 Å². The maximum atomic E-state index is 12.6. The highest BCUT2D eigenvalue weighted by Gasteiger charge is 2.35. The van der Waals surface area contributed by atoms with E-state index in [4.69, 9.17) is 4.74 Å². The molecule has 4 rings (SSSR count). The molecule has 0 radical (unpaired) electrons. The number of imide groups is 1. The lowest BCUT2D eigenvalue weighted by molar-refractivity contribution is -0.134. The SMILES string of the molecule is O=C(CCN1C(=O)c2ccccc2C1=O)Oc1ccccc1C(=O)/C=C/c1ccccc1. The van der Waals surface area contributed by atoms with Crippen LogP contribution in [0.1, 0.15) is 43.1 Å². The standard InChI is InChI=1S/C26H19NO5/c28-22(15-14-18-8-2-1-3-9-18)21-12-6-7-13-23(21)32-24(29)16-17-27-25(30)19-10-4-5-11-20(19)26(27)31/h1-15H,16-17H2/b15-14+. The lowest BCUT2D eigenvalue weighted by atomic mass is 10.1. The van der Waals surface area contributed by atoms with Gasteiger partial charge in [0.05, 0.1) is 23.1 Å². The number of nitrogens with zero attached hydrogens (tertiary/aromatic N) is 1. The Morgan fingerprint density at radius 3 is 2.06 bits per heavy atom. The van der Waals surface area contributed by atoms with Gasteiger partial charge in [-0.25, -0.2) is 0 Å². The fourth-order valence-corrected chi connectivity index (χ4v) is 3.40. The van der Waals surface area contributed by atoms with Crippen LogP contribution in [0.25, 0.3) is 6.08 Å². The number of hydrogen-bond donors (Lipinski definition) is 0. The molecule has 0 spiro atoms. The molecular formula is C26H19NO5. The van der Waals surface area contributed by atoms with Crippen molar-refractivity contribution in [2.75, 3.05) is 6.54 Å². The molecule has 6 nitrogen and oxygen atoms in total. The number of carbonyl (C=O) groups is 4. The second-order valence-electron chi connectivity index (χ2n) is 7.14. The minimum Gasteiger partial charge on any atom is -0.426 e. The lowest BCUT2D eigenvalue weighted by Crippen LogP contribution is -2.32. The molecule has 0 aromatic heterocycles. The Labute approximate surface area is 184 Å². The molecule has 158 valence electrons. The van der Waals surface area contributed by atoms with Gasteiger partial charge in [0.1, 0.15) is 5.75 Å². The molecule has 1 aliphatic rings. The number of esters is 1. The lowest BCUT2D eigenvalue weighted by Gasteiger charge is -2.13. The number of ether oxygens (including phenoxy) is 1. The Morgan fingerprint density at radius 1 is 0.781 bits per heavy atom. The molecule has 0 saturated heterocycles. The van der Waals surface area contributed by atoms with E-state index in [9.17, 15) is 19.2 Å². The highest BCUT2D eigenvalue weighted by molar-refractivity contribution is 6.21. The zero-order valence-electron chi connectivity index (χ0n) is 17.1. The second kappa shape index (κ2) is 9.22. The van der Waals surface area contributed by atoms with Crippen LogP contribution in [-0.4, -0.2) is 35.0 Å². The van der Waals surface area contributed by atoms with Gasteiger partial charge in [-0.2, -0.15) is 0 Å². The molecule has 0 N–H and O–H groups in total. The van der Waals surface area contributed by atoms with Crippen LogP contribution in [0.3, 0.4) is 0 Å². The molecule has 0 bridgehead atoms. The fraction of sp³-hybridized carbons (Fsp3) is 0.0769. The molecule has 0 fully saturated rings. The van der Waals surface area contributed by atoms with Gasteiger partial charge in [-0.1, -0.05) is 60.7 Å². The Hall–Kier alpha value is -4.32. The van der Waals surface area contributed by atoms with E-state index in [1.165, 1.54) is 12.1 Å². The Balaban J connectivity index is 1.40. The summed E-state index contributed by atoms with van der Waals surface area (Å²) in [6, 6.07) is 22.3. The highest BCUT2D eigenvalue weighted by Crippen LogP contribution is 2.23. The Morgan fingerprint density at radius 2 is 1.38 bits per heavy atom. The fourth-order valence-electron chi connectivity index (χ4n) is 3.40. The largest absolute Gasteiger partial charge is 0.426 e. The van der Waals surface area contributed by atoms with Crippen molar-refractivity contribution in [1.82, 2.24) is 4.90 Å². The van der Waals surface area contributed by atoms with Crippen molar-refractivity contribution in [2.24, 2.45) is 0 Å². The van der Waals surface area contributed by atoms with Crippen molar-refractivity contribution >= 4 is 29.6 Å². The van der Waals surface area contributed by atoms with Crippen LogP contribution < -0.4 is 4.74 Å². The summed E-state index contributed by atoms with van der Waals surface area (Å²) in [4.78, 5) is 50.9. The van der Waals surface area contributed by atoms with Crippen LogP contribution in [0.2, 0.25) is 0 Å². The molecule has 0 unspecified atom stereocenters. The summed E-state index contributed by atoms with van der Waals surface area (Å²) < 4.78 is 5.38. The third-order valence-corrected chi connectivity index (χ3v) is 5.02. The molecule has 2 amide bonds. The van der Waals surface area contributed by atoms with Crippen LogP contribution in [0.4, 0.5) is 0 Å². The minimum atomic E-state index is -0.645. The summed E-state index contributed by atoms with van der Waals surface area (Å²) in [6.45, 7) is -0.102. The van der Waals surface area contributed by atoms with E-state index in [0.29, 0.717) is 11.1 Å². The van der Waals surface area contributed by atoms with Crippen LogP contribution in [-0.2, 0) is 4.79 Å². The van der Waals surface area contributed by atoms with E-state index in [1.807, 2.05) is 30.3 Å². The van der Waals surface area contributed by atoms with Crippen molar-refractivity contribution in [2.45, 2.75) is 6.42 Å². The molecule has 32 heavy (non-hydrogen) atoms. The zero-order chi connectivity index (χ0) is 22.5. The van der Waals surface area contributed by atoms with Crippen molar-refractivity contribution in [3.8, 4) is 5.75 Å². The van der Waals surface area contributed by atoms with E-state index in [2.05, 4.69) is 0 Å². The van der Waals surface area contributed by atoms with Gasteiger partial charge in [0, 0.05) is 6.54 Å². The molecule has 1 aliphatic heterocycles. The third kappa shape index (κ3) is 4.39. The van der Waals surface area contributed by atoms with Crippen LogP contribution in [0.15, 0.2) is 84.9 Å². The summed E-state index contributed by atoms with van der Waals surface area (Å²) in [5.41, 5.74) is 1.77. The van der Waals surface area contributed by atoms with Gasteiger partial charge in [0.2, 0.25) is 0 Å². The van der Waals surface area contributed by atoms with Gasteiger partial charge in [0.15, 0.2) is 5.78 Å². The third-order valence-electron chi connectivity index (χ3n) is 5.02. The number of rotatable bonds is 7. The zero-order valence-corrected chi connectivity index (χ0v) is 17.1. The average Bonchev–Trinajstić information content (AvgIpc) is 3.07. The number of allylic oxidation sites excluding steroid dienone is 1. The molecule has 0 aliphatic carbocycles. The minimum absolute atomic E-state index is 0.102. The first-order chi connectivity index (χ1) is 15.5. The number of hydrogen-bond acceptors (Lipinski definition) is 5. The number of fused-ring (bicyclic) bond motifs is 1. The molecule has 1 heterocycles. The summed E-state index contributed by atoms with van der Waals surface area (Å²) in [5.74, 6) is -1.69. The summed E-state index contributed by atoms with van der Waals surface area (Å²) in [5, 5.41) is 0. The summed E-state index contributed by atoms with van der Waals surface area (Å²) in [7, 11) is 0. The van der Waals surface area contributed by atoms with Crippen molar-refractivity contribution in [3.05, 3.63) is 107 Å². The molecular weight excluding hydrogens is 406 g/mol. The van der Waals surface area contributed by atoms with Gasteiger partial charge in [-0.3, -0.25) is 24.1 Å². The second-order valence-corrected chi connectivity index (χ2v) is 7.14. The van der Waals surface area contributed by atoms with Crippen molar-refractivity contribution in [1.29, 1.82) is 0 Å². The number of ketones is 1. The molecule has 6 heteroatoms. The molecule has 0 saturated carbocycles. The van der Waals surface area contributed by atoms with Crippen molar-refractivity contribution < 1.29 is 23.9 Å². The number of benzene rings is 3. The first-order valence-electron chi connectivity index (χ1n) is 10.1. The van der Waals surface area contributed by atoms with E-state index in [-0.39, 0.29) is 30.1 Å². The van der Waals surface area contributed by atoms with E-state index >= 15 is 0 Å². The maximum absolute atomic E-state index is 12.6. The molecule has 0 atom stereocenters. The first-order valence-corrected chi connectivity index (χ1v) is 10.1. The average molecular weight is 425 g/mol. The van der Waals surface area contributed by atoms with Crippen LogP contribution in [0, 0.1) is 0 Å². The number of amides is 2. The Bertz CT molecular complexity index is 1190. The monoisotopic (exact) mass is 425 g/mol. The summed E-state index contributed by atoms with van der Waals surface area (Å²) >= 11 is 0. The Kier molecular flexibility index (Phi) is 6.03. The molecule has 3 aromatic carbocycles. The predicted octanol–water partition coefficient (Wildman–Crippen LogP) is 4.17. The smallest absolute Gasteiger partial charge is 0.313 e. The molecule has 3 aromatic rings. The maximum Gasteiger partial charge on any atom is 0.313 e. The van der Waals surface area contributed by atoms with Crippen molar-refractivity contribution in [3.63, 3.8) is 0 Å². The first kappa shape index (κ1) is 20.9. The van der Waals surface area contributed by atoms with E-state index in [1.54, 1.807) is 48.5 Å². The topological polar surface area (TPSA) is 80.8 Å².